The van der Waals surface area contributed by atoms with Gasteiger partial charge >= 0.3 is 0 Å². The van der Waals surface area contributed by atoms with Crippen LogP contribution < -0.4 is 0 Å². The molecule has 0 radical (unpaired) electrons. The van der Waals surface area contributed by atoms with Crippen LogP contribution in [0.1, 0.15) is 48.9 Å². The van der Waals surface area contributed by atoms with Gasteiger partial charge in [-0.15, -0.1) is 0 Å². The van der Waals surface area contributed by atoms with Gasteiger partial charge in [0, 0.05) is 0 Å². The molecule has 0 unspecified atom stereocenters. The molecule has 0 fully saturated rings. The van der Waals surface area contributed by atoms with E-state index in [4.69, 9.17) is 0 Å². The molecular weight excluding hydrogens is 412 g/mol. The van der Waals surface area contributed by atoms with Crippen molar-refractivity contribution >= 4 is 20.6 Å². The number of sulfone groups is 1. The van der Waals surface area contributed by atoms with Crippen molar-refractivity contribution in [2.24, 2.45) is 0 Å². The summed E-state index contributed by atoms with van der Waals surface area (Å²) in [6.07, 6.45) is 7.11. The van der Waals surface area contributed by atoms with E-state index in [-0.39, 0.29) is 5.75 Å². The number of fused-ring (bicyclic) bond motifs is 1. The Morgan fingerprint density at radius 3 is 2.00 bits per heavy atom. The second-order valence-corrected chi connectivity index (χ2v) is 10.8. The number of aryl methyl sites for hydroxylation is 2. The third-order valence-corrected chi connectivity index (χ3v) is 8.23. The van der Waals surface area contributed by atoms with Crippen molar-refractivity contribution in [3.8, 4) is 0 Å². The minimum atomic E-state index is -3.27. The molecule has 2 nitrogen and oxygen atoms in total. The molecule has 0 atom stereocenters. The van der Waals surface area contributed by atoms with E-state index < -0.39 is 9.84 Å². The SMILES string of the molecule is C/C(=C\Cc1c(C)c(C)c2ccccc2c1C)CC/C=C(\C)CS(=O)(=O)c1ccccc1. The number of hydrogen-bond acceptors (Lipinski definition) is 2. The van der Waals surface area contributed by atoms with Gasteiger partial charge in [0.05, 0.1) is 10.6 Å². The summed E-state index contributed by atoms with van der Waals surface area (Å²) in [7, 11) is -3.27. The highest BCUT2D eigenvalue weighted by molar-refractivity contribution is 7.91. The Labute approximate surface area is 193 Å². The number of allylic oxidation sites excluding steroid dienone is 3. The van der Waals surface area contributed by atoms with E-state index in [0.29, 0.717) is 4.90 Å². The molecule has 32 heavy (non-hydrogen) atoms. The molecule has 0 spiro atoms. The fraction of sp³-hybridized carbons (Fsp3) is 0.310. The quantitative estimate of drug-likeness (QED) is 0.337. The molecule has 0 aliphatic carbocycles. The lowest BCUT2D eigenvalue weighted by molar-refractivity contribution is 0.598. The number of hydrogen-bond donors (Lipinski definition) is 0. The maximum absolute atomic E-state index is 12.5. The predicted molar refractivity (Wildman–Crippen MR) is 137 cm³/mol. The summed E-state index contributed by atoms with van der Waals surface area (Å²) in [5.74, 6) is 0.0779. The average Bonchev–Trinajstić information content (AvgIpc) is 2.78. The first-order valence-electron chi connectivity index (χ1n) is 11.3. The summed E-state index contributed by atoms with van der Waals surface area (Å²) in [5.41, 5.74) is 7.77. The Morgan fingerprint density at radius 2 is 1.34 bits per heavy atom. The van der Waals surface area contributed by atoms with Gasteiger partial charge in [0.15, 0.2) is 9.84 Å². The monoisotopic (exact) mass is 446 g/mol. The van der Waals surface area contributed by atoms with Crippen LogP contribution in [0.25, 0.3) is 10.8 Å². The fourth-order valence-electron chi connectivity index (χ4n) is 4.31. The second kappa shape index (κ2) is 10.3. The highest BCUT2D eigenvalue weighted by atomic mass is 32.2. The van der Waals surface area contributed by atoms with Crippen molar-refractivity contribution in [2.75, 3.05) is 5.75 Å². The van der Waals surface area contributed by atoms with Gasteiger partial charge in [0.1, 0.15) is 0 Å². The van der Waals surface area contributed by atoms with Gasteiger partial charge in [-0.3, -0.25) is 0 Å². The first-order valence-corrected chi connectivity index (χ1v) is 12.9. The summed E-state index contributed by atoms with van der Waals surface area (Å²) in [4.78, 5) is 0.389. The van der Waals surface area contributed by atoms with Gasteiger partial charge in [-0.05, 0) is 99.0 Å². The molecule has 0 bridgehead atoms. The molecule has 0 amide bonds. The zero-order valence-electron chi connectivity index (χ0n) is 19.9. The smallest absolute Gasteiger partial charge is 0.182 e. The molecule has 0 N–H and O–H groups in total. The molecular formula is C29H34O2S. The summed E-state index contributed by atoms with van der Waals surface area (Å²) in [6.45, 7) is 10.7. The third-order valence-electron chi connectivity index (χ3n) is 6.41. The molecule has 3 aromatic rings. The Morgan fingerprint density at radius 1 is 0.750 bits per heavy atom. The highest BCUT2D eigenvalue weighted by Gasteiger charge is 2.14. The lowest BCUT2D eigenvalue weighted by atomic mass is 9.89. The van der Waals surface area contributed by atoms with Crippen LogP contribution in [0, 0.1) is 20.8 Å². The van der Waals surface area contributed by atoms with Gasteiger partial charge in [-0.2, -0.15) is 0 Å². The van der Waals surface area contributed by atoms with Crippen molar-refractivity contribution in [1.82, 2.24) is 0 Å². The zero-order valence-corrected chi connectivity index (χ0v) is 20.7. The molecule has 3 aromatic carbocycles. The molecule has 0 saturated carbocycles. The van der Waals surface area contributed by atoms with Crippen LogP contribution in [-0.2, 0) is 16.3 Å². The average molecular weight is 447 g/mol. The van der Waals surface area contributed by atoms with E-state index >= 15 is 0 Å². The van der Waals surface area contributed by atoms with Crippen molar-refractivity contribution in [2.45, 2.75) is 58.8 Å². The molecule has 0 aromatic heterocycles. The Kier molecular flexibility index (Phi) is 7.73. The van der Waals surface area contributed by atoms with E-state index in [1.807, 2.05) is 13.0 Å². The van der Waals surface area contributed by atoms with E-state index in [1.165, 1.54) is 38.6 Å². The van der Waals surface area contributed by atoms with Gasteiger partial charge < -0.3 is 0 Å². The van der Waals surface area contributed by atoms with Crippen LogP contribution in [-0.4, -0.2) is 14.2 Å². The fourth-order valence-corrected chi connectivity index (χ4v) is 5.77. The number of benzene rings is 3. The van der Waals surface area contributed by atoms with Crippen molar-refractivity contribution in [3.63, 3.8) is 0 Å². The molecule has 0 aliphatic rings. The van der Waals surface area contributed by atoms with Gasteiger partial charge in [-0.25, -0.2) is 8.42 Å². The van der Waals surface area contributed by atoms with Crippen LogP contribution in [0.5, 0.6) is 0 Å². The maximum Gasteiger partial charge on any atom is 0.182 e. The molecule has 0 aliphatic heterocycles. The molecule has 0 saturated heterocycles. The maximum atomic E-state index is 12.5. The van der Waals surface area contributed by atoms with E-state index in [1.54, 1.807) is 24.3 Å². The summed E-state index contributed by atoms with van der Waals surface area (Å²) in [6, 6.07) is 17.3. The molecule has 0 heterocycles. The standard InChI is InChI=1S/C29H34O2S/c1-21(12-11-13-22(2)20-32(30,31)26-14-7-6-8-15-26)18-19-27-23(3)24(4)28-16-9-10-17-29(28)25(27)5/h6-10,13-18H,11-12,19-20H2,1-5H3/b21-18+,22-13+. The second-order valence-electron chi connectivity index (χ2n) is 8.82. The predicted octanol–water partition coefficient (Wildman–Crippen LogP) is 7.45. The Balaban J connectivity index is 1.65. The van der Waals surface area contributed by atoms with E-state index in [0.717, 1.165) is 24.8 Å². The Hall–Kier alpha value is -2.65. The normalized spacial score (nSPS) is 13.0. The number of rotatable bonds is 8. The van der Waals surface area contributed by atoms with Crippen LogP contribution in [0.15, 0.2) is 82.8 Å². The lowest BCUT2D eigenvalue weighted by Crippen LogP contribution is -2.07. The van der Waals surface area contributed by atoms with Crippen LogP contribution in [0.3, 0.4) is 0 Å². The Bertz CT molecular complexity index is 1260. The minimum Gasteiger partial charge on any atom is -0.223 e. The van der Waals surface area contributed by atoms with Gasteiger partial charge in [0.2, 0.25) is 0 Å². The van der Waals surface area contributed by atoms with E-state index in [2.05, 4.69) is 64.1 Å². The van der Waals surface area contributed by atoms with Crippen molar-refractivity contribution < 1.29 is 8.42 Å². The minimum absolute atomic E-state index is 0.0779. The lowest BCUT2D eigenvalue weighted by Gasteiger charge is -2.16. The molecule has 168 valence electrons. The summed E-state index contributed by atoms with van der Waals surface area (Å²) in [5, 5.41) is 2.69. The molecule has 3 heteroatoms. The van der Waals surface area contributed by atoms with Crippen molar-refractivity contribution in [3.05, 3.63) is 100 Å². The highest BCUT2D eigenvalue weighted by Crippen LogP contribution is 2.30. The van der Waals surface area contributed by atoms with Crippen molar-refractivity contribution in [1.29, 1.82) is 0 Å². The topological polar surface area (TPSA) is 34.1 Å². The van der Waals surface area contributed by atoms with Gasteiger partial charge in [0.25, 0.3) is 0 Å². The van der Waals surface area contributed by atoms with Crippen LogP contribution >= 0.6 is 0 Å². The molecule has 3 rings (SSSR count). The van der Waals surface area contributed by atoms with E-state index in [9.17, 15) is 8.42 Å². The van der Waals surface area contributed by atoms with Crippen LogP contribution in [0.2, 0.25) is 0 Å². The third kappa shape index (κ3) is 5.58. The zero-order chi connectivity index (χ0) is 23.3. The van der Waals surface area contributed by atoms with Crippen LogP contribution in [0.4, 0.5) is 0 Å². The first-order chi connectivity index (χ1) is 15.2. The largest absolute Gasteiger partial charge is 0.223 e. The first kappa shape index (κ1) is 24.0. The van der Waals surface area contributed by atoms with Gasteiger partial charge in [-0.1, -0.05) is 65.8 Å². The summed E-state index contributed by atoms with van der Waals surface area (Å²) >= 11 is 0. The summed E-state index contributed by atoms with van der Waals surface area (Å²) < 4.78 is 25.1.